The molecule has 4 nitrogen and oxygen atoms in total. The molecule has 0 heterocycles. The fourth-order valence-corrected chi connectivity index (χ4v) is 1.97. The van der Waals surface area contributed by atoms with E-state index in [9.17, 15) is 9.18 Å². The minimum Gasteiger partial charge on any atom is -0.481 e. The highest BCUT2D eigenvalue weighted by molar-refractivity contribution is 6.01. The molecule has 5 heteroatoms. The Hall–Kier alpha value is -2.69. The van der Waals surface area contributed by atoms with Gasteiger partial charge in [-0.25, -0.2) is 4.39 Å². The van der Waals surface area contributed by atoms with Gasteiger partial charge < -0.3 is 10.3 Å². The molecule has 0 amide bonds. The third kappa shape index (κ3) is 3.89. The van der Waals surface area contributed by atoms with E-state index in [1.165, 1.54) is 12.1 Å². The zero-order valence-corrected chi connectivity index (χ0v) is 11.2. The molecule has 0 radical (unpaired) electrons. The average molecular weight is 287 g/mol. The number of aliphatic carboxylic acids is 1. The van der Waals surface area contributed by atoms with Crippen molar-refractivity contribution in [1.82, 2.24) is 0 Å². The Labute approximate surface area is 121 Å². The van der Waals surface area contributed by atoms with Gasteiger partial charge in [0, 0.05) is 6.42 Å². The van der Waals surface area contributed by atoms with Gasteiger partial charge in [0.05, 0.1) is 12.1 Å². The largest absolute Gasteiger partial charge is 0.481 e. The van der Waals surface area contributed by atoms with E-state index >= 15 is 0 Å². The molecule has 0 fully saturated rings. The van der Waals surface area contributed by atoms with Crippen molar-refractivity contribution >= 4 is 11.7 Å². The van der Waals surface area contributed by atoms with Crippen LogP contribution in [0.1, 0.15) is 18.4 Å². The van der Waals surface area contributed by atoms with Gasteiger partial charge >= 0.3 is 5.97 Å². The number of benzene rings is 2. The number of carboxylic acid groups (broad SMARTS) is 1. The normalized spacial score (nSPS) is 11.4. The third-order valence-electron chi connectivity index (χ3n) is 3.09. The van der Waals surface area contributed by atoms with Crippen molar-refractivity contribution in [3.63, 3.8) is 0 Å². The predicted molar refractivity (Wildman–Crippen MR) is 77.0 cm³/mol. The number of hydrogen-bond donors (Lipinski definition) is 2. The summed E-state index contributed by atoms with van der Waals surface area (Å²) in [5.74, 6) is -1.24. The molecule has 0 aliphatic rings. The number of carboxylic acids is 1. The lowest BCUT2D eigenvalue weighted by atomic mass is 10.0. The molecular weight excluding hydrogens is 273 g/mol. The molecule has 0 aromatic heterocycles. The highest BCUT2D eigenvalue weighted by atomic mass is 19.1. The highest BCUT2D eigenvalue weighted by Crippen LogP contribution is 2.21. The summed E-state index contributed by atoms with van der Waals surface area (Å²) < 4.78 is 12.9. The molecule has 0 atom stereocenters. The van der Waals surface area contributed by atoms with Crippen LogP contribution in [0.4, 0.5) is 4.39 Å². The summed E-state index contributed by atoms with van der Waals surface area (Å²) in [4.78, 5) is 10.6. The number of halogens is 1. The molecule has 0 aliphatic heterocycles. The van der Waals surface area contributed by atoms with Crippen LogP contribution in [0.5, 0.6) is 0 Å². The SMILES string of the molecule is O=C(O)CC/C(=N\O)c1ccc(-c2ccc(F)cc2)cc1. The van der Waals surface area contributed by atoms with Crippen LogP contribution in [0.2, 0.25) is 0 Å². The molecule has 2 N–H and O–H groups in total. The Morgan fingerprint density at radius 2 is 1.48 bits per heavy atom. The molecule has 0 saturated carbocycles. The summed E-state index contributed by atoms with van der Waals surface area (Å²) in [6.45, 7) is 0. The van der Waals surface area contributed by atoms with E-state index in [2.05, 4.69) is 5.16 Å². The molecule has 108 valence electrons. The second kappa shape index (κ2) is 6.65. The number of nitrogens with zero attached hydrogens (tertiary/aromatic N) is 1. The summed E-state index contributed by atoms with van der Waals surface area (Å²) in [6, 6.07) is 13.2. The Morgan fingerprint density at radius 1 is 0.952 bits per heavy atom. The van der Waals surface area contributed by atoms with Crippen LogP contribution in [0.15, 0.2) is 53.7 Å². The van der Waals surface area contributed by atoms with Gasteiger partial charge in [-0.2, -0.15) is 0 Å². The first-order chi connectivity index (χ1) is 10.1. The fourth-order valence-electron chi connectivity index (χ4n) is 1.97. The minimum atomic E-state index is -0.945. The second-order valence-corrected chi connectivity index (χ2v) is 4.52. The maximum Gasteiger partial charge on any atom is 0.303 e. The Morgan fingerprint density at radius 3 is 1.95 bits per heavy atom. The maximum atomic E-state index is 12.9. The molecule has 2 aromatic rings. The van der Waals surface area contributed by atoms with E-state index in [1.807, 2.05) is 12.1 Å². The molecule has 0 spiro atoms. The van der Waals surface area contributed by atoms with Crippen molar-refractivity contribution in [3.8, 4) is 11.1 Å². The smallest absolute Gasteiger partial charge is 0.303 e. The lowest BCUT2D eigenvalue weighted by molar-refractivity contribution is -0.136. The van der Waals surface area contributed by atoms with E-state index in [4.69, 9.17) is 10.3 Å². The molecule has 0 aliphatic carbocycles. The molecule has 2 aromatic carbocycles. The molecule has 21 heavy (non-hydrogen) atoms. The highest BCUT2D eigenvalue weighted by Gasteiger charge is 2.08. The summed E-state index contributed by atoms with van der Waals surface area (Å²) >= 11 is 0. The summed E-state index contributed by atoms with van der Waals surface area (Å²) in [5, 5.41) is 20.8. The lowest BCUT2D eigenvalue weighted by Gasteiger charge is -2.06. The van der Waals surface area contributed by atoms with Crippen molar-refractivity contribution in [2.24, 2.45) is 5.16 Å². The topological polar surface area (TPSA) is 69.9 Å². The summed E-state index contributed by atoms with van der Waals surface area (Å²) in [5.41, 5.74) is 2.75. The first-order valence-electron chi connectivity index (χ1n) is 6.39. The van der Waals surface area contributed by atoms with Gasteiger partial charge in [0.2, 0.25) is 0 Å². The van der Waals surface area contributed by atoms with E-state index in [0.29, 0.717) is 11.3 Å². The van der Waals surface area contributed by atoms with E-state index in [0.717, 1.165) is 11.1 Å². The van der Waals surface area contributed by atoms with Crippen molar-refractivity contribution < 1.29 is 19.5 Å². The summed E-state index contributed by atoms with van der Waals surface area (Å²) in [6.07, 6.45) is 0.0564. The molecule has 0 saturated heterocycles. The van der Waals surface area contributed by atoms with Gasteiger partial charge in [-0.3, -0.25) is 4.79 Å². The van der Waals surface area contributed by atoms with Gasteiger partial charge in [-0.05, 0) is 28.8 Å². The van der Waals surface area contributed by atoms with Gasteiger partial charge in [-0.15, -0.1) is 0 Å². The van der Waals surface area contributed by atoms with Gasteiger partial charge in [-0.1, -0.05) is 41.6 Å². The van der Waals surface area contributed by atoms with Crippen LogP contribution < -0.4 is 0 Å². The maximum absolute atomic E-state index is 12.9. The quantitative estimate of drug-likeness (QED) is 0.502. The third-order valence-corrected chi connectivity index (χ3v) is 3.09. The Balaban J connectivity index is 2.18. The minimum absolute atomic E-state index is 0.0981. The van der Waals surface area contributed by atoms with E-state index in [1.54, 1.807) is 24.3 Å². The van der Waals surface area contributed by atoms with Crippen LogP contribution in [0, 0.1) is 5.82 Å². The second-order valence-electron chi connectivity index (χ2n) is 4.52. The molecule has 0 unspecified atom stereocenters. The molecule has 2 rings (SSSR count). The molecule has 0 bridgehead atoms. The molecular formula is C16H14FNO3. The van der Waals surface area contributed by atoms with Crippen molar-refractivity contribution in [1.29, 1.82) is 0 Å². The van der Waals surface area contributed by atoms with Crippen molar-refractivity contribution in [2.75, 3.05) is 0 Å². The number of carbonyl (C=O) groups is 1. The van der Waals surface area contributed by atoms with Crippen LogP contribution in [-0.4, -0.2) is 22.0 Å². The first-order valence-corrected chi connectivity index (χ1v) is 6.39. The Bertz CT molecular complexity index is 648. The van der Waals surface area contributed by atoms with Gasteiger partial charge in [0.25, 0.3) is 0 Å². The zero-order chi connectivity index (χ0) is 15.2. The van der Waals surface area contributed by atoms with Crippen molar-refractivity contribution in [2.45, 2.75) is 12.8 Å². The number of rotatable bonds is 5. The monoisotopic (exact) mass is 287 g/mol. The van der Waals surface area contributed by atoms with Gasteiger partial charge in [0.15, 0.2) is 0 Å². The standard InChI is InChI=1S/C16H14FNO3/c17-14-7-5-12(6-8-14)11-1-3-13(4-2-11)15(18-21)9-10-16(19)20/h1-8,21H,9-10H2,(H,19,20)/b18-15+. The fraction of sp³-hybridized carbons (Fsp3) is 0.125. The van der Waals surface area contributed by atoms with E-state index < -0.39 is 5.97 Å². The van der Waals surface area contributed by atoms with Crippen LogP contribution in [0.25, 0.3) is 11.1 Å². The number of hydrogen-bond acceptors (Lipinski definition) is 3. The Kier molecular flexibility index (Phi) is 4.66. The van der Waals surface area contributed by atoms with E-state index in [-0.39, 0.29) is 18.7 Å². The van der Waals surface area contributed by atoms with Crippen LogP contribution in [-0.2, 0) is 4.79 Å². The number of oxime groups is 1. The zero-order valence-electron chi connectivity index (χ0n) is 11.2. The first kappa shape index (κ1) is 14.7. The lowest BCUT2D eigenvalue weighted by Crippen LogP contribution is -2.05. The summed E-state index contributed by atoms with van der Waals surface area (Å²) in [7, 11) is 0. The van der Waals surface area contributed by atoms with Gasteiger partial charge in [0.1, 0.15) is 5.82 Å². The predicted octanol–water partition coefficient (Wildman–Crippen LogP) is 3.54. The van der Waals surface area contributed by atoms with Crippen molar-refractivity contribution in [3.05, 3.63) is 59.9 Å². The average Bonchev–Trinajstić information content (AvgIpc) is 2.49. The van der Waals surface area contributed by atoms with Crippen LogP contribution in [0.3, 0.4) is 0 Å². The van der Waals surface area contributed by atoms with Crippen LogP contribution >= 0.6 is 0 Å².